The lowest BCUT2D eigenvalue weighted by molar-refractivity contribution is -0.131. The minimum atomic E-state index is -2.95. The van der Waals surface area contributed by atoms with Gasteiger partial charge in [0.05, 0.1) is 13.5 Å². The second kappa shape index (κ2) is 11.0. The van der Waals surface area contributed by atoms with Crippen molar-refractivity contribution in [3.63, 3.8) is 0 Å². The first-order valence-corrected chi connectivity index (χ1v) is 10.4. The fraction of sp³-hybridized carbons (Fsp3) is 0.364. The Bertz CT molecular complexity index is 953. The van der Waals surface area contributed by atoms with E-state index in [4.69, 9.17) is 16.3 Å². The summed E-state index contributed by atoms with van der Waals surface area (Å²) in [5.41, 5.74) is 1.45. The molecule has 0 atom stereocenters. The van der Waals surface area contributed by atoms with Gasteiger partial charge in [-0.25, -0.2) is 4.79 Å². The number of ether oxygens (including phenoxy) is 2. The number of carbonyl (C=O) groups excluding carboxylic acids is 2. The maximum atomic E-state index is 12.5. The molecule has 2 aromatic rings. The van der Waals surface area contributed by atoms with Crippen LogP contribution in [0.15, 0.2) is 42.5 Å². The summed E-state index contributed by atoms with van der Waals surface area (Å²) in [6.45, 7) is -1.08. The molecule has 0 aromatic heterocycles. The number of hydrogen-bond acceptors (Lipinski definition) is 4. The van der Waals surface area contributed by atoms with E-state index in [-0.39, 0.29) is 36.4 Å². The van der Waals surface area contributed by atoms with Crippen LogP contribution in [0.1, 0.15) is 11.1 Å². The highest BCUT2D eigenvalue weighted by Crippen LogP contribution is 2.29. The highest BCUT2D eigenvalue weighted by molar-refractivity contribution is 6.31. The van der Waals surface area contributed by atoms with Crippen LogP contribution >= 0.6 is 11.6 Å². The van der Waals surface area contributed by atoms with Crippen LogP contribution in [-0.2, 0) is 17.8 Å². The van der Waals surface area contributed by atoms with E-state index in [2.05, 4.69) is 10.1 Å². The van der Waals surface area contributed by atoms with Crippen LogP contribution in [0.5, 0.6) is 11.5 Å². The molecule has 1 aliphatic heterocycles. The summed E-state index contributed by atoms with van der Waals surface area (Å²) in [5.74, 6) is 0.0502. The van der Waals surface area contributed by atoms with Gasteiger partial charge in [-0.05, 0) is 29.3 Å². The first-order valence-electron chi connectivity index (χ1n) is 10.0. The number of methoxy groups -OCH3 is 1. The van der Waals surface area contributed by atoms with Gasteiger partial charge < -0.3 is 24.6 Å². The number of hydrogen-bond donors (Lipinski definition) is 1. The normalized spacial score (nSPS) is 13.8. The number of alkyl halides is 2. The summed E-state index contributed by atoms with van der Waals surface area (Å²) in [4.78, 5) is 28.4. The van der Waals surface area contributed by atoms with Gasteiger partial charge in [0.2, 0.25) is 5.91 Å². The monoisotopic (exact) mass is 467 g/mol. The van der Waals surface area contributed by atoms with E-state index >= 15 is 0 Å². The van der Waals surface area contributed by atoms with Crippen molar-refractivity contribution >= 4 is 23.5 Å². The van der Waals surface area contributed by atoms with Gasteiger partial charge in [0.25, 0.3) is 0 Å². The van der Waals surface area contributed by atoms with Gasteiger partial charge in [-0.3, -0.25) is 4.79 Å². The van der Waals surface area contributed by atoms with Crippen molar-refractivity contribution in [3.05, 3.63) is 58.6 Å². The lowest BCUT2D eigenvalue weighted by Gasteiger charge is -2.34. The van der Waals surface area contributed by atoms with Crippen molar-refractivity contribution in [1.29, 1.82) is 0 Å². The van der Waals surface area contributed by atoms with Crippen LogP contribution in [0, 0.1) is 0 Å². The predicted octanol–water partition coefficient (Wildman–Crippen LogP) is 3.55. The first-order chi connectivity index (χ1) is 15.4. The van der Waals surface area contributed by atoms with Crippen LogP contribution in [0.4, 0.5) is 13.6 Å². The molecule has 1 fully saturated rings. The number of amides is 3. The van der Waals surface area contributed by atoms with Crippen molar-refractivity contribution in [1.82, 2.24) is 15.1 Å². The van der Waals surface area contributed by atoms with Crippen LogP contribution in [0.25, 0.3) is 0 Å². The van der Waals surface area contributed by atoms with E-state index in [1.54, 1.807) is 21.9 Å². The SMILES string of the molecule is COc1cc(CNC(=O)N2CCN(C(=O)Cc3ccccc3Cl)CC2)ccc1OC(F)F. The Balaban J connectivity index is 1.47. The van der Waals surface area contributed by atoms with Gasteiger partial charge >= 0.3 is 12.6 Å². The van der Waals surface area contributed by atoms with Crippen molar-refractivity contribution in [3.8, 4) is 11.5 Å². The van der Waals surface area contributed by atoms with Crippen molar-refractivity contribution in [2.24, 2.45) is 0 Å². The zero-order chi connectivity index (χ0) is 23.1. The van der Waals surface area contributed by atoms with Gasteiger partial charge in [0.15, 0.2) is 11.5 Å². The van der Waals surface area contributed by atoms with Crippen molar-refractivity contribution in [2.45, 2.75) is 19.6 Å². The van der Waals surface area contributed by atoms with E-state index in [9.17, 15) is 18.4 Å². The zero-order valence-corrected chi connectivity index (χ0v) is 18.3. The third kappa shape index (κ3) is 6.23. The largest absolute Gasteiger partial charge is 0.493 e. The topological polar surface area (TPSA) is 71.1 Å². The fourth-order valence-corrected chi connectivity index (χ4v) is 3.58. The van der Waals surface area contributed by atoms with E-state index in [1.807, 2.05) is 18.2 Å². The Labute approximate surface area is 189 Å². The molecule has 0 aliphatic carbocycles. The molecule has 7 nitrogen and oxygen atoms in total. The van der Waals surface area contributed by atoms with Gasteiger partial charge in [0, 0.05) is 37.7 Å². The summed E-state index contributed by atoms with van der Waals surface area (Å²) >= 11 is 6.13. The molecule has 3 amide bonds. The highest BCUT2D eigenvalue weighted by Gasteiger charge is 2.24. The predicted molar refractivity (Wildman–Crippen MR) is 115 cm³/mol. The standard InChI is InChI=1S/C22H24ClF2N3O4/c1-31-19-12-15(6-7-18(19)32-21(24)25)14-26-22(30)28-10-8-27(9-11-28)20(29)13-16-4-2-3-5-17(16)23/h2-7,12,21H,8-11,13-14H2,1H3,(H,26,30). The smallest absolute Gasteiger partial charge is 0.387 e. The molecule has 172 valence electrons. The number of urea groups is 1. The second-order valence-corrected chi connectivity index (χ2v) is 7.57. The third-order valence-electron chi connectivity index (χ3n) is 5.11. The molecule has 0 spiro atoms. The summed E-state index contributed by atoms with van der Waals surface area (Å²) in [6.07, 6.45) is 0.221. The Morgan fingerprint density at radius 3 is 2.41 bits per heavy atom. The van der Waals surface area contributed by atoms with E-state index in [0.717, 1.165) is 5.56 Å². The molecule has 0 saturated carbocycles. The molecule has 1 heterocycles. The highest BCUT2D eigenvalue weighted by atomic mass is 35.5. The van der Waals surface area contributed by atoms with E-state index in [0.29, 0.717) is 36.8 Å². The fourth-order valence-electron chi connectivity index (χ4n) is 3.38. The van der Waals surface area contributed by atoms with Crippen molar-refractivity contribution < 1.29 is 27.8 Å². The molecule has 1 aliphatic rings. The quantitative estimate of drug-likeness (QED) is 0.676. The molecule has 0 bridgehead atoms. The van der Waals surface area contributed by atoms with Crippen LogP contribution in [0.2, 0.25) is 5.02 Å². The lowest BCUT2D eigenvalue weighted by atomic mass is 10.1. The average molecular weight is 468 g/mol. The lowest BCUT2D eigenvalue weighted by Crippen LogP contribution is -2.53. The number of nitrogens with zero attached hydrogens (tertiary/aromatic N) is 2. The molecule has 32 heavy (non-hydrogen) atoms. The zero-order valence-electron chi connectivity index (χ0n) is 17.5. The maximum absolute atomic E-state index is 12.5. The van der Waals surface area contributed by atoms with Crippen molar-refractivity contribution in [2.75, 3.05) is 33.3 Å². The third-order valence-corrected chi connectivity index (χ3v) is 5.48. The van der Waals surface area contributed by atoms with Crippen LogP contribution < -0.4 is 14.8 Å². The van der Waals surface area contributed by atoms with E-state index < -0.39 is 6.61 Å². The van der Waals surface area contributed by atoms with Gasteiger partial charge in [-0.2, -0.15) is 8.78 Å². The summed E-state index contributed by atoms with van der Waals surface area (Å²) < 4.78 is 34.3. The molecule has 0 radical (unpaired) electrons. The number of carbonyl (C=O) groups is 2. The summed E-state index contributed by atoms with van der Waals surface area (Å²) in [7, 11) is 1.35. The van der Waals surface area contributed by atoms with Crippen LogP contribution in [-0.4, -0.2) is 61.6 Å². The first kappa shape index (κ1) is 23.6. The molecule has 1 saturated heterocycles. The molecule has 1 N–H and O–H groups in total. The molecule has 3 rings (SSSR count). The molecular weight excluding hydrogens is 444 g/mol. The summed E-state index contributed by atoms with van der Waals surface area (Å²) in [6, 6.07) is 11.4. The molecular formula is C22H24ClF2N3O4. The average Bonchev–Trinajstić information content (AvgIpc) is 2.79. The number of nitrogens with one attached hydrogen (secondary N) is 1. The molecule has 10 heteroatoms. The molecule has 2 aromatic carbocycles. The van der Waals surface area contributed by atoms with Gasteiger partial charge in [0.1, 0.15) is 0 Å². The Kier molecular flexibility index (Phi) is 8.10. The Hall–Kier alpha value is -3.07. The Morgan fingerprint density at radius 2 is 1.75 bits per heavy atom. The number of halogens is 3. The summed E-state index contributed by atoms with van der Waals surface area (Å²) in [5, 5.41) is 3.35. The molecule has 0 unspecified atom stereocenters. The number of rotatable bonds is 7. The number of benzene rings is 2. The minimum absolute atomic E-state index is 0.0311. The van der Waals surface area contributed by atoms with Crippen LogP contribution in [0.3, 0.4) is 0 Å². The second-order valence-electron chi connectivity index (χ2n) is 7.16. The van der Waals surface area contributed by atoms with E-state index in [1.165, 1.54) is 19.2 Å². The maximum Gasteiger partial charge on any atom is 0.387 e. The Morgan fingerprint density at radius 1 is 1.06 bits per heavy atom. The minimum Gasteiger partial charge on any atom is -0.493 e. The van der Waals surface area contributed by atoms with Gasteiger partial charge in [-0.1, -0.05) is 35.9 Å². The number of piperazine rings is 1. The van der Waals surface area contributed by atoms with Gasteiger partial charge in [-0.15, -0.1) is 0 Å².